The monoisotopic (exact) mass is 488 g/mol. The van der Waals surface area contributed by atoms with Crippen LogP contribution in [0, 0.1) is 0 Å². The quantitative estimate of drug-likeness (QED) is 0.226. The first-order valence-corrected chi connectivity index (χ1v) is 9.44. The fraction of sp³-hybridized carbons (Fsp3) is 0.579. The molecule has 1 heterocycles. The Kier molecular flexibility index (Phi) is 8.96. The van der Waals surface area contributed by atoms with E-state index >= 15 is 0 Å². The lowest BCUT2D eigenvalue weighted by atomic mass is 10.2. The summed E-state index contributed by atoms with van der Waals surface area (Å²) in [7, 11) is 0. The number of halogens is 1. The van der Waals surface area contributed by atoms with Gasteiger partial charge < -0.3 is 25.4 Å². The summed E-state index contributed by atoms with van der Waals surface area (Å²) in [6, 6.07) is 8.09. The Morgan fingerprint density at radius 2 is 2.00 bits per heavy atom. The molecule has 0 radical (unpaired) electrons. The van der Waals surface area contributed by atoms with Crippen molar-refractivity contribution in [1.29, 1.82) is 0 Å². The number of carbonyl (C=O) groups is 1. The van der Waals surface area contributed by atoms with Crippen LogP contribution in [0.4, 0.5) is 0 Å². The number of fused-ring (bicyclic) bond motifs is 1. The van der Waals surface area contributed by atoms with Crippen molar-refractivity contribution >= 4 is 35.8 Å². The van der Waals surface area contributed by atoms with Crippen molar-refractivity contribution in [2.24, 2.45) is 4.99 Å². The Balaban J connectivity index is 0.00000261. The number of amides is 1. The van der Waals surface area contributed by atoms with E-state index in [1.807, 2.05) is 31.2 Å². The average Bonchev–Trinajstić information content (AvgIpc) is 3.47. The molecule has 3 N–H and O–H groups in total. The number of hydrogen-bond acceptors (Lipinski definition) is 4. The molecule has 0 aromatic heterocycles. The highest BCUT2D eigenvalue weighted by molar-refractivity contribution is 14.0. The zero-order chi connectivity index (χ0) is 18.2. The molecule has 7 nitrogen and oxygen atoms in total. The summed E-state index contributed by atoms with van der Waals surface area (Å²) in [6.45, 7) is 4.50. The lowest BCUT2D eigenvalue weighted by molar-refractivity contribution is -0.121. The van der Waals surface area contributed by atoms with E-state index < -0.39 is 0 Å². The van der Waals surface area contributed by atoms with Gasteiger partial charge in [0.25, 0.3) is 0 Å². The van der Waals surface area contributed by atoms with E-state index in [2.05, 4.69) is 20.9 Å². The summed E-state index contributed by atoms with van der Waals surface area (Å²) in [5, 5.41) is 9.48. The van der Waals surface area contributed by atoms with Crippen molar-refractivity contribution in [2.45, 2.75) is 44.8 Å². The van der Waals surface area contributed by atoms with Crippen LogP contribution in [0.5, 0.6) is 11.5 Å². The maximum absolute atomic E-state index is 11.7. The van der Waals surface area contributed by atoms with Crippen LogP contribution in [-0.4, -0.2) is 50.3 Å². The Labute approximate surface area is 177 Å². The number of carbonyl (C=O) groups excluding carboxylic acids is 1. The summed E-state index contributed by atoms with van der Waals surface area (Å²) in [4.78, 5) is 16.3. The predicted molar refractivity (Wildman–Crippen MR) is 116 cm³/mol. The maximum atomic E-state index is 11.7. The molecule has 3 rings (SSSR count). The lowest BCUT2D eigenvalue weighted by Gasteiger charge is -2.25. The molecule has 0 saturated heterocycles. The second-order valence-corrected chi connectivity index (χ2v) is 6.59. The van der Waals surface area contributed by atoms with Gasteiger partial charge in [0.05, 0.1) is 6.54 Å². The summed E-state index contributed by atoms with van der Waals surface area (Å²) in [6.07, 6.45) is 3.46. The number of para-hydroxylation sites is 2. The molecule has 1 atom stereocenters. The van der Waals surface area contributed by atoms with Crippen LogP contribution < -0.4 is 25.4 Å². The fourth-order valence-corrected chi connectivity index (χ4v) is 2.67. The molecule has 2 aliphatic rings. The molecular weight excluding hydrogens is 459 g/mol. The number of benzene rings is 1. The zero-order valence-corrected chi connectivity index (χ0v) is 18.0. The van der Waals surface area contributed by atoms with E-state index in [9.17, 15) is 4.79 Å². The average molecular weight is 488 g/mol. The second kappa shape index (κ2) is 11.2. The van der Waals surface area contributed by atoms with Crippen molar-refractivity contribution in [1.82, 2.24) is 16.0 Å². The van der Waals surface area contributed by atoms with Gasteiger partial charge in [0.15, 0.2) is 23.6 Å². The highest BCUT2D eigenvalue weighted by atomic mass is 127. The van der Waals surface area contributed by atoms with E-state index in [-0.39, 0.29) is 36.0 Å². The summed E-state index contributed by atoms with van der Waals surface area (Å²) >= 11 is 0. The standard InChI is InChI=1S/C19H28N4O3.HI/c1-2-20-19(21-11-5-8-18(24)23-14-9-10-14)22-12-15-13-25-16-6-3-4-7-17(16)26-15;/h3-4,6-7,14-15H,2,5,8-13H2,1H3,(H,23,24)(H2,20,21,22);1H. The molecule has 1 aromatic rings. The van der Waals surface area contributed by atoms with Gasteiger partial charge in [-0.2, -0.15) is 0 Å². The molecule has 1 aliphatic heterocycles. The van der Waals surface area contributed by atoms with E-state index in [1.54, 1.807) is 0 Å². The van der Waals surface area contributed by atoms with Gasteiger partial charge in [-0.3, -0.25) is 4.79 Å². The minimum absolute atomic E-state index is 0. The largest absolute Gasteiger partial charge is 0.486 e. The lowest BCUT2D eigenvalue weighted by Crippen LogP contribution is -2.40. The van der Waals surface area contributed by atoms with Crippen LogP contribution in [0.25, 0.3) is 0 Å². The van der Waals surface area contributed by atoms with Crippen LogP contribution in [0.1, 0.15) is 32.6 Å². The van der Waals surface area contributed by atoms with Crippen LogP contribution in [-0.2, 0) is 4.79 Å². The van der Waals surface area contributed by atoms with Gasteiger partial charge in [0.2, 0.25) is 5.91 Å². The van der Waals surface area contributed by atoms with E-state index in [0.717, 1.165) is 43.3 Å². The van der Waals surface area contributed by atoms with Crippen molar-refractivity contribution in [2.75, 3.05) is 26.2 Å². The molecule has 1 aromatic carbocycles. The Morgan fingerprint density at radius 3 is 2.74 bits per heavy atom. The molecule has 1 aliphatic carbocycles. The number of ether oxygens (including phenoxy) is 2. The minimum atomic E-state index is -0.107. The van der Waals surface area contributed by atoms with Crippen LogP contribution >= 0.6 is 24.0 Å². The summed E-state index contributed by atoms with van der Waals surface area (Å²) in [5.74, 6) is 2.42. The third-order valence-electron chi connectivity index (χ3n) is 4.18. The highest BCUT2D eigenvalue weighted by Crippen LogP contribution is 2.30. The van der Waals surface area contributed by atoms with Crippen molar-refractivity contribution < 1.29 is 14.3 Å². The Hall–Kier alpha value is -1.71. The van der Waals surface area contributed by atoms with Gasteiger partial charge in [-0.1, -0.05) is 12.1 Å². The fourth-order valence-electron chi connectivity index (χ4n) is 2.67. The van der Waals surface area contributed by atoms with Gasteiger partial charge in [-0.15, -0.1) is 24.0 Å². The van der Waals surface area contributed by atoms with Crippen molar-refractivity contribution in [3.63, 3.8) is 0 Å². The molecular formula is C19H29IN4O3. The summed E-state index contributed by atoms with van der Waals surface area (Å²) < 4.78 is 11.6. The predicted octanol–water partition coefficient (Wildman–Crippen LogP) is 2.06. The van der Waals surface area contributed by atoms with Gasteiger partial charge in [0.1, 0.15) is 6.61 Å². The third-order valence-corrected chi connectivity index (χ3v) is 4.18. The van der Waals surface area contributed by atoms with Crippen molar-refractivity contribution in [3.8, 4) is 11.5 Å². The number of nitrogens with one attached hydrogen (secondary N) is 3. The van der Waals surface area contributed by atoms with Gasteiger partial charge >= 0.3 is 0 Å². The van der Waals surface area contributed by atoms with Crippen LogP contribution in [0.3, 0.4) is 0 Å². The molecule has 27 heavy (non-hydrogen) atoms. The van der Waals surface area contributed by atoms with Crippen molar-refractivity contribution in [3.05, 3.63) is 24.3 Å². The minimum Gasteiger partial charge on any atom is -0.486 e. The second-order valence-electron chi connectivity index (χ2n) is 6.59. The molecule has 1 fully saturated rings. The van der Waals surface area contributed by atoms with Gasteiger partial charge in [-0.05, 0) is 38.3 Å². The van der Waals surface area contributed by atoms with Gasteiger partial charge in [-0.25, -0.2) is 4.99 Å². The number of rotatable bonds is 8. The number of guanidine groups is 1. The first-order valence-electron chi connectivity index (χ1n) is 9.44. The molecule has 1 amide bonds. The van der Waals surface area contributed by atoms with E-state index in [4.69, 9.17) is 9.47 Å². The first-order chi connectivity index (χ1) is 12.7. The molecule has 1 unspecified atom stereocenters. The molecule has 0 bridgehead atoms. The molecule has 1 saturated carbocycles. The topological polar surface area (TPSA) is 84.0 Å². The number of hydrogen-bond donors (Lipinski definition) is 3. The SMILES string of the molecule is CCNC(=NCC1COc2ccccc2O1)NCCCC(=O)NC1CC1.I. The van der Waals surface area contributed by atoms with E-state index in [0.29, 0.717) is 32.2 Å². The normalized spacial score (nSPS) is 18.3. The number of aliphatic imine (C=N–C) groups is 1. The van der Waals surface area contributed by atoms with Gasteiger partial charge in [0, 0.05) is 25.6 Å². The highest BCUT2D eigenvalue weighted by Gasteiger charge is 2.23. The Morgan fingerprint density at radius 1 is 1.22 bits per heavy atom. The van der Waals surface area contributed by atoms with Crippen LogP contribution in [0.2, 0.25) is 0 Å². The first kappa shape index (κ1) is 21.6. The van der Waals surface area contributed by atoms with Crippen LogP contribution in [0.15, 0.2) is 29.3 Å². The maximum Gasteiger partial charge on any atom is 0.220 e. The molecule has 0 spiro atoms. The zero-order valence-electron chi connectivity index (χ0n) is 15.7. The molecule has 150 valence electrons. The third kappa shape index (κ3) is 7.43. The molecule has 8 heteroatoms. The smallest absolute Gasteiger partial charge is 0.220 e. The summed E-state index contributed by atoms with van der Waals surface area (Å²) in [5.41, 5.74) is 0. The Bertz CT molecular complexity index is 637. The number of nitrogens with zero attached hydrogens (tertiary/aromatic N) is 1. The van der Waals surface area contributed by atoms with E-state index in [1.165, 1.54) is 0 Å².